The van der Waals surface area contributed by atoms with Gasteiger partial charge in [0.1, 0.15) is 0 Å². The molecule has 1 fully saturated rings. The zero-order valence-corrected chi connectivity index (χ0v) is 6.93. The third-order valence-electron chi connectivity index (χ3n) is 1.83. The van der Waals surface area contributed by atoms with Crippen LogP contribution in [0.4, 0.5) is 13.2 Å². The minimum atomic E-state index is -2.61. The summed E-state index contributed by atoms with van der Waals surface area (Å²) in [6, 6.07) is 0. The van der Waals surface area contributed by atoms with Crippen LogP contribution in [0.5, 0.6) is 0 Å². The quantitative estimate of drug-likeness (QED) is 0.624. The molecule has 0 amide bonds. The van der Waals surface area contributed by atoms with E-state index in [-0.39, 0.29) is 12.8 Å². The molecule has 0 bridgehead atoms. The number of alkyl halides is 4. The fourth-order valence-electron chi connectivity index (χ4n) is 1.27. The minimum Gasteiger partial charge on any atom is -0.250 e. The van der Waals surface area contributed by atoms with E-state index >= 15 is 0 Å². The van der Waals surface area contributed by atoms with Crippen LogP contribution in [0.1, 0.15) is 12.8 Å². The van der Waals surface area contributed by atoms with Crippen LogP contribution in [0.3, 0.4) is 0 Å². The van der Waals surface area contributed by atoms with E-state index in [4.69, 9.17) is 0 Å². The lowest BCUT2D eigenvalue weighted by molar-refractivity contribution is -0.157. The molecule has 0 radical (unpaired) electrons. The van der Waals surface area contributed by atoms with E-state index in [0.717, 1.165) is 0 Å². The Kier molecular flexibility index (Phi) is 2.00. The molecular weight excluding hydrogens is 209 g/mol. The summed E-state index contributed by atoms with van der Waals surface area (Å²) < 4.78 is 36.5. The normalized spacial score (nSPS) is 27.6. The lowest BCUT2D eigenvalue weighted by Crippen LogP contribution is -2.48. The van der Waals surface area contributed by atoms with Gasteiger partial charge in [-0.2, -0.15) is 0 Å². The first-order valence-electron chi connectivity index (χ1n) is 3.03. The highest BCUT2D eigenvalue weighted by Crippen LogP contribution is 2.52. The molecule has 0 atom stereocenters. The maximum Gasteiger partial charge on any atom is 0.249 e. The Labute approximate surface area is 65.9 Å². The van der Waals surface area contributed by atoms with Crippen molar-refractivity contribution in [2.24, 2.45) is 5.41 Å². The van der Waals surface area contributed by atoms with Gasteiger partial charge in [0.05, 0.1) is 6.67 Å². The fourth-order valence-corrected chi connectivity index (χ4v) is 1.82. The van der Waals surface area contributed by atoms with Crippen molar-refractivity contribution in [3.8, 4) is 0 Å². The smallest absolute Gasteiger partial charge is 0.249 e. The van der Waals surface area contributed by atoms with Crippen molar-refractivity contribution in [2.75, 3.05) is 12.0 Å². The van der Waals surface area contributed by atoms with E-state index in [1.165, 1.54) is 0 Å². The first kappa shape index (κ1) is 8.37. The van der Waals surface area contributed by atoms with Crippen LogP contribution in [-0.2, 0) is 0 Å². The summed E-state index contributed by atoms with van der Waals surface area (Å²) in [7, 11) is 0. The average Bonchev–Trinajstić information content (AvgIpc) is 1.82. The molecule has 10 heavy (non-hydrogen) atoms. The Morgan fingerprint density at radius 2 is 1.80 bits per heavy atom. The number of rotatable bonds is 2. The Hall–Kier alpha value is 0.270. The Morgan fingerprint density at radius 3 is 1.90 bits per heavy atom. The summed E-state index contributed by atoms with van der Waals surface area (Å²) in [6.07, 6.45) is -0.608. The van der Waals surface area contributed by atoms with Crippen LogP contribution >= 0.6 is 15.9 Å². The monoisotopic (exact) mass is 216 g/mol. The molecule has 0 aromatic carbocycles. The summed E-state index contributed by atoms with van der Waals surface area (Å²) in [4.78, 5) is 0. The SMILES string of the molecule is FCC1(CBr)CC(F)(F)C1. The van der Waals surface area contributed by atoms with Crippen molar-refractivity contribution in [3.63, 3.8) is 0 Å². The predicted molar refractivity (Wildman–Crippen MR) is 36.4 cm³/mol. The molecule has 0 spiro atoms. The van der Waals surface area contributed by atoms with Gasteiger partial charge in [0.2, 0.25) is 5.92 Å². The van der Waals surface area contributed by atoms with Crippen LogP contribution in [0.25, 0.3) is 0 Å². The second-order valence-corrected chi connectivity index (χ2v) is 3.54. The molecule has 0 aromatic rings. The highest BCUT2D eigenvalue weighted by molar-refractivity contribution is 9.09. The van der Waals surface area contributed by atoms with E-state index in [2.05, 4.69) is 15.9 Å². The average molecular weight is 217 g/mol. The van der Waals surface area contributed by atoms with E-state index < -0.39 is 18.0 Å². The number of hydrogen-bond donors (Lipinski definition) is 0. The zero-order chi connectivity index (χ0) is 7.83. The first-order valence-corrected chi connectivity index (χ1v) is 4.16. The van der Waals surface area contributed by atoms with Crippen LogP contribution in [0, 0.1) is 5.41 Å². The molecule has 0 heterocycles. The van der Waals surface area contributed by atoms with E-state index in [9.17, 15) is 13.2 Å². The lowest BCUT2D eigenvalue weighted by atomic mass is 9.68. The molecule has 0 saturated heterocycles. The highest BCUT2D eigenvalue weighted by Gasteiger charge is 2.55. The van der Waals surface area contributed by atoms with Crippen LogP contribution in [0.2, 0.25) is 0 Å². The van der Waals surface area contributed by atoms with Crippen LogP contribution in [-0.4, -0.2) is 17.9 Å². The Morgan fingerprint density at radius 1 is 1.30 bits per heavy atom. The summed E-state index contributed by atoms with van der Waals surface area (Å²) >= 11 is 3.02. The molecule has 0 aliphatic heterocycles. The van der Waals surface area contributed by atoms with Gasteiger partial charge >= 0.3 is 0 Å². The minimum absolute atomic E-state index is 0.304. The summed E-state index contributed by atoms with van der Waals surface area (Å²) in [5.74, 6) is -2.61. The second-order valence-electron chi connectivity index (χ2n) is 2.98. The van der Waals surface area contributed by atoms with Gasteiger partial charge < -0.3 is 0 Å². The lowest BCUT2D eigenvalue weighted by Gasteiger charge is -2.44. The van der Waals surface area contributed by atoms with E-state index in [1.54, 1.807) is 0 Å². The summed E-state index contributed by atoms with van der Waals surface area (Å²) in [6.45, 7) is -0.645. The summed E-state index contributed by atoms with van der Waals surface area (Å²) in [5, 5.41) is 0.339. The number of halogens is 4. The topological polar surface area (TPSA) is 0 Å². The third kappa shape index (κ3) is 1.31. The third-order valence-corrected chi connectivity index (χ3v) is 3.02. The van der Waals surface area contributed by atoms with Crippen molar-refractivity contribution < 1.29 is 13.2 Å². The van der Waals surface area contributed by atoms with Crippen molar-refractivity contribution >= 4 is 15.9 Å². The van der Waals surface area contributed by atoms with Crippen molar-refractivity contribution in [2.45, 2.75) is 18.8 Å². The molecule has 1 aliphatic rings. The molecule has 1 rings (SSSR count). The van der Waals surface area contributed by atoms with Gasteiger partial charge in [-0.05, 0) is 0 Å². The maximum absolute atomic E-state index is 12.2. The van der Waals surface area contributed by atoms with Crippen LogP contribution < -0.4 is 0 Å². The van der Waals surface area contributed by atoms with Gasteiger partial charge in [-0.25, -0.2) is 8.78 Å². The van der Waals surface area contributed by atoms with Gasteiger partial charge in [-0.15, -0.1) is 0 Å². The fraction of sp³-hybridized carbons (Fsp3) is 1.00. The van der Waals surface area contributed by atoms with Gasteiger partial charge in [0, 0.05) is 23.6 Å². The van der Waals surface area contributed by atoms with E-state index in [1.807, 2.05) is 0 Å². The van der Waals surface area contributed by atoms with Gasteiger partial charge in [-0.3, -0.25) is 4.39 Å². The molecule has 1 saturated carbocycles. The molecule has 0 nitrogen and oxygen atoms in total. The molecule has 0 N–H and O–H groups in total. The van der Waals surface area contributed by atoms with Crippen molar-refractivity contribution in [3.05, 3.63) is 0 Å². The predicted octanol–water partition coefficient (Wildman–Crippen LogP) is 2.77. The Balaban J connectivity index is 2.46. The summed E-state index contributed by atoms with van der Waals surface area (Å²) in [5.41, 5.74) is -0.760. The van der Waals surface area contributed by atoms with Gasteiger partial charge in [0.25, 0.3) is 0 Å². The van der Waals surface area contributed by atoms with Crippen LogP contribution in [0.15, 0.2) is 0 Å². The Bertz CT molecular complexity index is 121. The second kappa shape index (κ2) is 2.40. The first-order chi connectivity index (χ1) is 4.54. The molecule has 0 unspecified atom stereocenters. The van der Waals surface area contributed by atoms with E-state index in [0.29, 0.717) is 5.33 Å². The molecule has 0 aromatic heterocycles. The molecule has 4 heteroatoms. The molecular formula is C6H8BrF3. The van der Waals surface area contributed by atoms with Crippen molar-refractivity contribution in [1.29, 1.82) is 0 Å². The largest absolute Gasteiger partial charge is 0.250 e. The van der Waals surface area contributed by atoms with Gasteiger partial charge in [-0.1, -0.05) is 15.9 Å². The standard InChI is InChI=1S/C6H8BrF3/c7-3-5(4-8)1-6(9,10)2-5/h1-4H2. The number of hydrogen-bond acceptors (Lipinski definition) is 0. The van der Waals surface area contributed by atoms with Crippen molar-refractivity contribution in [1.82, 2.24) is 0 Å². The molecule has 60 valence electrons. The maximum atomic E-state index is 12.2. The zero-order valence-electron chi connectivity index (χ0n) is 5.34. The molecule has 1 aliphatic carbocycles. The highest BCUT2D eigenvalue weighted by atomic mass is 79.9. The van der Waals surface area contributed by atoms with Gasteiger partial charge in [0.15, 0.2) is 0 Å².